The summed E-state index contributed by atoms with van der Waals surface area (Å²) in [5.41, 5.74) is -0.0963. The van der Waals surface area contributed by atoms with Crippen LogP contribution < -0.4 is 4.72 Å². The number of oxime groups is 1. The number of amides is 1. The van der Waals surface area contributed by atoms with Crippen molar-refractivity contribution in [1.82, 2.24) is 9.36 Å². The zero-order chi connectivity index (χ0) is 12.1. The van der Waals surface area contributed by atoms with Gasteiger partial charge in [0.25, 0.3) is 22.6 Å². The van der Waals surface area contributed by atoms with Gasteiger partial charge >= 0.3 is 4.47 Å². The predicted octanol–water partition coefficient (Wildman–Crippen LogP) is 0.843. The number of carbonyl (C=O) groups is 1. The van der Waals surface area contributed by atoms with Crippen molar-refractivity contribution in [3.05, 3.63) is 10.3 Å². The van der Waals surface area contributed by atoms with Crippen molar-refractivity contribution in [3.8, 4) is 6.07 Å². The monoisotopic (exact) mass is 260 g/mol. The molecule has 0 saturated carbocycles. The number of carbonyl (C=O) groups excluding carboxylic acids is 1. The molecule has 1 atom stereocenters. The molecule has 0 radical (unpaired) electrons. The zero-order valence-corrected chi connectivity index (χ0v) is 9.96. The van der Waals surface area contributed by atoms with E-state index in [1.807, 2.05) is 0 Å². The van der Waals surface area contributed by atoms with Gasteiger partial charge in [-0.05, 0) is 0 Å². The highest BCUT2D eigenvalue weighted by Gasteiger charge is 2.25. The number of nitrogens with zero attached hydrogens (tertiary/aromatic N) is 4. The maximum Gasteiger partial charge on any atom is 0.392 e. The van der Waals surface area contributed by atoms with Gasteiger partial charge in [-0.2, -0.15) is 10.2 Å². The predicted molar refractivity (Wildman–Crippen MR) is 58.7 cm³/mol. The molecule has 1 rings (SSSR count). The van der Waals surface area contributed by atoms with Crippen molar-refractivity contribution >= 4 is 34.1 Å². The highest BCUT2D eigenvalue weighted by molar-refractivity contribution is 7.32. The molecule has 0 aromatic carbocycles. The number of aromatic nitrogens is 2. The third-order valence-corrected chi connectivity index (χ3v) is 3.04. The average Bonchev–Trinajstić information content (AvgIpc) is 2.56. The lowest BCUT2D eigenvalue weighted by Crippen LogP contribution is -2.05. The van der Waals surface area contributed by atoms with Crippen molar-refractivity contribution in [2.24, 2.45) is 5.16 Å². The Morgan fingerprint density at radius 3 is 2.94 bits per heavy atom. The first-order chi connectivity index (χ1) is 7.58. The van der Waals surface area contributed by atoms with Crippen LogP contribution in [0.3, 0.4) is 0 Å². The molecule has 16 heavy (non-hydrogen) atoms. The van der Waals surface area contributed by atoms with E-state index in [0.29, 0.717) is 0 Å². The molecule has 0 aliphatic rings. The highest BCUT2D eigenvalue weighted by atomic mass is 35.5. The number of nitriles is 1. The fraction of sp³-hybridized carbons (Fsp3) is 0.286. The van der Waals surface area contributed by atoms with Crippen LogP contribution in [-0.2, 0) is 9.63 Å². The van der Waals surface area contributed by atoms with Gasteiger partial charge < -0.3 is 4.84 Å². The first-order valence-corrected chi connectivity index (χ1v) is 5.50. The van der Waals surface area contributed by atoms with E-state index >= 15 is 0 Å². The van der Waals surface area contributed by atoms with Gasteiger partial charge in [-0.3, -0.25) is 4.79 Å². The smallest absolute Gasteiger partial charge is 0.392 e. The summed E-state index contributed by atoms with van der Waals surface area (Å²) in [7, 11) is 0.256. The van der Waals surface area contributed by atoms with Gasteiger partial charge in [0.2, 0.25) is 5.71 Å². The summed E-state index contributed by atoms with van der Waals surface area (Å²) in [6.07, 6.45) is 0. The van der Waals surface area contributed by atoms with Gasteiger partial charge in [-0.15, -0.1) is 4.72 Å². The Kier molecular flexibility index (Phi) is 4.16. The van der Waals surface area contributed by atoms with E-state index in [1.54, 1.807) is 6.07 Å². The molecule has 1 amide bonds. The molecule has 0 aliphatic carbocycles. The van der Waals surface area contributed by atoms with E-state index in [-0.39, 0.29) is 21.9 Å². The van der Waals surface area contributed by atoms with Crippen LogP contribution in [0, 0.1) is 11.3 Å². The van der Waals surface area contributed by atoms with E-state index in [2.05, 4.69) is 24.1 Å². The Labute approximate surface area is 99.0 Å². The molecule has 0 aliphatic heterocycles. The summed E-state index contributed by atoms with van der Waals surface area (Å²) in [6, 6.07) is 1.76. The van der Waals surface area contributed by atoms with Gasteiger partial charge in [-0.25, -0.2) is 0 Å². The number of hydrogen-bond acceptors (Lipinski definition) is 6. The Hall–Kier alpha value is -1.72. The molecular formula is C7H7ClN5O2S+. The van der Waals surface area contributed by atoms with Gasteiger partial charge in [-0.1, -0.05) is 5.16 Å². The van der Waals surface area contributed by atoms with Gasteiger partial charge in [0.05, 0.1) is 0 Å². The molecule has 84 valence electrons. The van der Waals surface area contributed by atoms with Gasteiger partial charge in [0.15, 0.2) is 0 Å². The molecule has 1 unspecified atom stereocenters. The van der Waals surface area contributed by atoms with E-state index in [4.69, 9.17) is 16.9 Å². The summed E-state index contributed by atoms with van der Waals surface area (Å²) in [5, 5.41) is 12.2. The second kappa shape index (κ2) is 5.39. The molecule has 0 saturated heterocycles. The molecule has 0 bridgehead atoms. The number of nitrogens with one attached hydrogen (secondary N) is 1. The normalized spacial score (nSPS) is 11.9. The lowest BCUT2D eigenvalue weighted by Gasteiger charge is -1.86. The van der Waals surface area contributed by atoms with Crippen LogP contribution in [0.2, 0.25) is 4.47 Å². The fourth-order valence-electron chi connectivity index (χ4n) is 0.771. The number of hydrogen-bond donors (Lipinski definition) is 1. The standard InChI is InChI=1S/C7H6ClN5O2S/c1-4(14)12-16-7(8)10-6(13-16)5(3-9)11-15-2/h1-2H3/p+1/b11-5-. The van der Waals surface area contributed by atoms with Crippen LogP contribution in [0.5, 0.6) is 0 Å². The number of rotatable bonds is 3. The van der Waals surface area contributed by atoms with Crippen LogP contribution in [0.15, 0.2) is 5.16 Å². The minimum Gasteiger partial charge on any atom is -0.398 e. The summed E-state index contributed by atoms with van der Waals surface area (Å²) in [6.45, 7) is 1.33. The van der Waals surface area contributed by atoms with Crippen molar-refractivity contribution in [2.45, 2.75) is 6.92 Å². The van der Waals surface area contributed by atoms with Crippen LogP contribution in [-0.4, -0.2) is 28.1 Å². The second-order valence-corrected chi connectivity index (χ2v) is 4.38. The third kappa shape index (κ3) is 2.88. The molecule has 1 heterocycles. The molecule has 7 nitrogen and oxygen atoms in total. The molecule has 9 heteroatoms. The largest absolute Gasteiger partial charge is 0.398 e. The van der Waals surface area contributed by atoms with Crippen LogP contribution in [0.1, 0.15) is 12.7 Å². The van der Waals surface area contributed by atoms with E-state index in [1.165, 1.54) is 14.0 Å². The Morgan fingerprint density at radius 1 is 1.75 bits per heavy atom. The molecular weight excluding hydrogens is 254 g/mol. The van der Waals surface area contributed by atoms with E-state index in [9.17, 15) is 4.79 Å². The summed E-state index contributed by atoms with van der Waals surface area (Å²) >= 11 is 5.75. The molecule has 1 N–H and O–H groups in total. The minimum absolute atomic E-state index is 0.0476. The highest BCUT2D eigenvalue weighted by Crippen LogP contribution is 2.22. The van der Waals surface area contributed by atoms with Gasteiger partial charge in [0.1, 0.15) is 13.2 Å². The summed E-state index contributed by atoms with van der Waals surface area (Å²) in [5.74, 6) is -0.240. The Bertz CT molecular complexity index is 478. The van der Waals surface area contributed by atoms with Gasteiger partial charge in [0, 0.05) is 22.9 Å². The average molecular weight is 261 g/mol. The van der Waals surface area contributed by atoms with E-state index < -0.39 is 10.9 Å². The lowest BCUT2D eigenvalue weighted by atomic mass is 10.4. The van der Waals surface area contributed by atoms with Crippen LogP contribution >= 0.6 is 22.5 Å². The fourth-order valence-corrected chi connectivity index (χ4v) is 2.02. The second-order valence-electron chi connectivity index (χ2n) is 2.46. The van der Waals surface area contributed by atoms with Crippen molar-refractivity contribution < 1.29 is 9.63 Å². The summed E-state index contributed by atoms with van der Waals surface area (Å²) < 4.78 is 6.52. The van der Waals surface area contributed by atoms with Crippen molar-refractivity contribution in [3.63, 3.8) is 0 Å². The van der Waals surface area contributed by atoms with Crippen molar-refractivity contribution in [1.29, 1.82) is 5.26 Å². The lowest BCUT2D eigenvalue weighted by molar-refractivity contribution is -0.113. The Morgan fingerprint density at radius 2 is 2.44 bits per heavy atom. The maximum absolute atomic E-state index is 10.8. The number of halogens is 1. The van der Waals surface area contributed by atoms with Crippen LogP contribution in [0.25, 0.3) is 0 Å². The van der Waals surface area contributed by atoms with Crippen LogP contribution in [0.4, 0.5) is 0 Å². The zero-order valence-electron chi connectivity index (χ0n) is 8.39. The molecule has 0 spiro atoms. The van der Waals surface area contributed by atoms with Crippen molar-refractivity contribution in [2.75, 3.05) is 11.8 Å². The molecule has 1 aromatic heterocycles. The summed E-state index contributed by atoms with van der Waals surface area (Å²) in [4.78, 5) is 19.1. The quantitative estimate of drug-likeness (QED) is 0.493. The first-order valence-electron chi connectivity index (χ1n) is 3.94. The topological polar surface area (TPSA) is 100 Å². The van der Waals surface area contributed by atoms with E-state index in [0.717, 1.165) is 0 Å². The third-order valence-electron chi connectivity index (χ3n) is 1.27. The Balaban J connectivity index is 3.05. The molecule has 1 aromatic rings. The first kappa shape index (κ1) is 12.4. The molecule has 0 fully saturated rings. The SMILES string of the molecule is CO/N=C(/C#N)c1nc(Cl)[s+](NC(C)=O)n1. The minimum atomic E-state index is -1.04. The maximum atomic E-state index is 10.8.